The van der Waals surface area contributed by atoms with Gasteiger partial charge in [-0.2, -0.15) is 18.4 Å². The molecule has 0 saturated carbocycles. The number of nitriles is 1. The minimum atomic E-state index is -4.88. The van der Waals surface area contributed by atoms with E-state index >= 15 is 0 Å². The van der Waals surface area contributed by atoms with Crippen LogP contribution in [-0.2, 0) is 10.9 Å². The molecular formula is C25H25F4N5O4. The van der Waals surface area contributed by atoms with Crippen molar-refractivity contribution in [3.05, 3.63) is 62.3 Å². The van der Waals surface area contributed by atoms with Gasteiger partial charge < -0.3 is 24.8 Å². The van der Waals surface area contributed by atoms with Gasteiger partial charge in [0.25, 0.3) is 17.4 Å². The van der Waals surface area contributed by atoms with Gasteiger partial charge >= 0.3 is 6.18 Å². The van der Waals surface area contributed by atoms with Crippen molar-refractivity contribution < 1.29 is 31.9 Å². The van der Waals surface area contributed by atoms with Crippen LogP contribution < -0.4 is 15.8 Å². The van der Waals surface area contributed by atoms with Gasteiger partial charge in [0, 0.05) is 37.4 Å². The van der Waals surface area contributed by atoms with Gasteiger partial charge in [0.1, 0.15) is 0 Å². The predicted molar refractivity (Wildman–Crippen MR) is 127 cm³/mol. The number of aryl methyl sites for hydroxylation is 1. The van der Waals surface area contributed by atoms with Crippen molar-refractivity contribution in [3.8, 4) is 6.07 Å². The van der Waals surface area contributed by atoms with Gasteiger partial charge in [0.2, 0.25) is 5.82 Å². The number of nitrogens with one attached hydrogen (secondary N) is 2. The molecule has 202 valence electrons. The fraction of sp³-hybridized carbons (Fsp3) is 0.440. The second-order valence-corrected chi connectivity index (χ2v) is 9.35. The molecule has 0 spiro atoms. The lowest BCUT2D eigenvalue weighted by Crippen LogP contribution is -2.42. The zero-order valence-electron chi connectivity index (χ0n) is 20.6. The number of aromatic amines is 1. The third kappa shape index (κ3) is 5.35. The van der Waals surface area contributed by atoms with Crippen molar-refractivity contribution >= 4 is 17.5 Å². The average molecular weight is 535 g/mol. The molecule has 4 rings (SSSR count). The number of rotatable bonds is 4. The molecular weight excluding hydrogens is 510 g/mol. The Balaban J connectivity index is 1.71. The molecule has 2 fully saturated rings. The quantitative estimate of drug-likeness (QED) is 0.581. The number of hydrogen-bond acceptors (Lipinski definition) is 6. The number of halogens is 4. The summed E-state index contributed by atoms with van der Waals surface area (Å²) in [7, 11) is 0. The number of morpholine rings is 1. The van der Waals surface area contributed by atoms with E-state index in [1.807, 2.05) is 0 Å². The number of carbonyl (C=O) groups is 2. The number of aromatic nitrogens is 1. The van der Waals surface area contributed by atoms with E-state index in [9.17, 15) is 37.2 Å². The second-order valence-electron chi connectivity index (χ2n) is 9.35. The lowest BCUT2D eigenvalue weighted by atomic mass is 9.99. The zero-order chi connectivity index (χ0) is 27.8. The first-order valence-corrected chi connectivity index (χ1v) is 11.9. The Bertz CT molecular complexity index is 1360. The largest absolute Gasteiger partial charge is 0.418 e. The molecule has 38 heavy (non-hydrogen) atoms. The van der Waals surface area contributed by atoms with E-state index in [2.05, 4.69) is 10.3 Å². The van der Waals surface area contributed by atoms with Crippen molar-refractivity contribution in [2.45, 2.75) is 38.5 Å². The maximum atomic E-state index is 14.3. The molecule has 2 atom stereocenters. The molecule has 0 aliphatic carbocycles. The van der Waals surface area contributed by atoms with E-state index in [0.717, 1.165) is 6.07 Å². The van der Waals surface area contributed by atoms with Gasteiger partial charge in [0.15, 0.2) is 0 Å². The SMILES string of the molecule is Cc1cc(C(=O)N[C@@H]2C[C@@H](C)N(c3c(C(=O)N4CCOCC4)cc(C#N)cc3C(F)(F)F)C2)c(F)c(=O)[nH]1. The van der Waals surface area contributed by atoms with Crippen LogP contribution in [0.25, 0.3) is 0 Å². The molecule has 2 aliphatic heterocycles. The highest BCUT2D eigenvalue weighted by Gasteiger charge is 2.42. The van der Waals surface area contributed by atoms with E-state index in [-0.39, 0.29) is 61.8 Å². The zero-order valence-corrected chi connectivity index (χ0v) is 20.6. The van der Waals surface area contributed by atoms with Crippen LogP contribution in [0.5, 0.6) is 0 Å². The minimum absolute atomic E-state index is 0.116. The van der Waals surface area contributed by atoms with Crippen LogP contribution in [0, 0.1) is 24.1 Å². The molecule has 3 heterocycles. The lowest BCUT2D eigenvalue weighted by Gasteiger charge is -2.32. The topological polar surface area (TPSA) is 119 Å². The Hall–Kier alpha value is -3.92. The third-order valence-electron chi connectivity index (χ3n) is 6.62. The van der Waals surface area contributed by atoms with Gasteiger partial charge in [-0.3, -0.25) is 14.4 Å². The van der Waals surface area contributed by atoms with Gasteiger partial charge in [-0.1, -0.05) is 0 Å². The molecule has 2 aliphatic rings. The monoisotopic (exact) mass is 535 g/mol. The molecule has 2 N–H and O–H groups in total. The number of ether oxygens (including phenoxy) is 1. The normalized spacial score (nSPS) is 19.8. The van der Waals surface area contributed by atoms with Crippen molar-refractivity contribution in [1.29, 1.82) is 5.26 Å². The van der Waals surface area contributed by atoms with Crippen molar-refractivity contribution in [2.75, 3.05) is 37.7 Å². The number of alkyl halides is 3. The maximum absolute atomic E-state index is 14.3. The van der Waals surface area contributed by atoms with E-state index in [1.165, 1.54) is 22.8 Å². The van der Waals surface area contributed by atoms with Crippen molar-refractivity contribution in [2.24, 2.45) is 0 Å². The van der Waals surface area contributed by atoms with Gasteiger partial charge in [-0.05, 0) is 38.5 Å². The smallest absolute Gasteiger partial charge is 0.378 e. The number of pyridine rings is 1. The first-order valence-electron chi connectivity index (χ1n) is 11.9. The van der Waals surface area contributed by atoms with Crippen LogP contribution in [0.2, 0.25) is 0 Å². The van der Waals surface area contributed by atoms with Crippen LogP contribution in [-0.4, -0.2) is 66.6 Å². The molecule has 0 unspecified atom stereocenters. The van der Waals surface area contributed by atoms with Crippen molar-refractivity contribution in [1.82, 2.24) is 15.2 Å². The summed E-state index contributed by atoms with van der Waals surface area (Å²) < 4.78 is 62.3. The summed E-state index contributed by atoms with van der Waals surface area (Å²) in [6.45, 7) is 3.85. The standard InChI is InChI=1S/C25H25F4N5O4/c1-13-7-17(20(26)23(36)31-13)22(35)32-16-8-14(2)34(12-16)21-18(24(37)33-3-5-38-6-4-33)9-15(11-30)10-19(21)25(27,28)29/h7,9-10,14,16H,3-6,8,12H2,1-2H3,(H,31,36)(H,32,35)/t14-,16-/m1/s1. The van der Waals surface area contributed by atoms with Gasteiger partial charge in [-0.25, -0.2) is 4.39 Å². The van der Waals surface area contributed by atoms with Crippen LogP contribution >= 0.6 is 0 Å². The van der Waals surface area contributed by atoms with Crippen molar-refractivity contribution in [3.63, 3.8) is 0 Å². The molecule has 1 aromatic carbocycles. The summed E-state index contributed by atoms with van der Waals surface area (Å²) in [5.74, 6) is -2.80. The average Bonchev–Trinajstić information content (AvgIpc) is 3.23. The number of H-pyrrole nitrogens is 1. The summed E-state index contributed by atoms with van der Waals surface area (Å²) in [5.41, 5.74) is -3.37. The third-order valence-corrected chi connectivity index (χ3v) is 6.62. The number of amides is 2. The molecule has 9 nitrogen and oxygen atoms in total. The van der Waals surface area contributed by atoms with Gasteiger partial charge in [0.05, 0.1) is 47.2 Å². The number of hydrogen-bond donors (Lipinski definition) is 2. The first kappa shape index (κ1) is 27.1. The first-order chi connectivity index (χ1) is 17.9. The Morgan fingerprint density at radius 1 is 1.18 bits per heavy atom. The highest BCUT2D eigenvalue weighted by atomic mass is 19.4. The van der Waals surface area contributed by atoms with E-state index in [1.54, 1.807) is 13.0 Å². The van der Waals surface area contributed by atoms with Crippen LogP contribution in [0.1, 0.15) is 50.9 Å². The number of carbonyl (C=O) groups excluding carboxylic acids is 2. The Morgan fingerprint density at radius 2 is 1.87 bits per heavy atom. The second kappa shape index (κ2) is 10.4. The predicted octanol–water partition coefficient (Wildman–Crippen LogP) is 2.58. The highest BCUT2D eigenvalue weighted by Crippen LogP contribution is 2.42. The molecule has 0 bridgehead atoms. The molecule has 13 heteroatoms. The summed E-state index contributed by atoms with van der Waals surface area (Å²) in [6.07, 6.45) is -4.69. The number of benzene rings is 1. The fourth-order valence-corrected chi connectivity index (χ4v) is 4.87. The molecule has 0 radical (unpaired) electrons. The minimum Gasteiger partial charge on any atom is -0.378 e. The van der Waals surface area contributed by atoms with E-state index < -0.39 is 52.6 Å². The Labute approximate surface area is 215 Å². The van der Waals surface area contributed by atoms with Crippen LogP contribution in [0.15, 0.2) is 23.0 Å². The van der Waals surface area contributed by atoms with E-state index in [4.69, 9.17) is 4.74 Å². The number of anilines is 1. The summed E-state index contributed by atoms with van der Waals surface area (Å²) in [5, 5.41) is 12.0. The Morgan fingerprint density at radius 3 is 2.50 bits per heavy atom. The Kier molecular flexibility index (Phi) is 7.46. The molecule has 2 amide bonds. The highest BCUT2D eigenvalue weighted by molar-refractivity contribution is 6.01. The fourth-order valence-electron chi connectivity index (χ4n) is 4.87. The molecule has 2 saturated heterocycles. The summed E-state index contributed by atoms with van der Waals surface area (Å²) in [4.78, 5) is 42.9. The van der Waals surface area contributed by atoms with Gasteiger partial charge in [-0.15, -0.1) is 0 Å². The lowest BCUT2D eigenvalue weighted by molar-refractivity contribution is -0.137. The maximum Gasteiger partial charge on any atom is 0.418 e. The van der Waals surface area contributed by atoms with E-state index in [0.29, 0.717) is 6.07 Å². The van der Waals surface area contributed by atoms with Crippen LogP contribution in [0.4, 0.5) is 23.2 Å². The molecule has 2 aromatic rings. The summed E-state index contributed by atoms with van der Waals surface area (Å²) in [6, 6.07) is 3.46. The molecule has 1 aromatic heterocycles. The van der Waals surface area contributed by atoms with Crippen LogP contribution in [0.3, 0.4) is 0 Å². The number of nitrogens with zero attached hydrogens (tertiary/aromatic N) is 3. The summed E-state index contributed by atoms with van der Waals surface area (Å²) >= 11 is 0.